The first kappa shape index (κ1) is 13.1. The van der Waals surface area contributed by atoms with Crippen LogP contribution >= 0.6 is 0 Å². The van der Waals surface area contributed by atoms with Gasteiger partial charge >= 0.3 is 5.69 Å². The van der Waals surface area contributed by atoms with Gasteiger partial charge in [-0.05, 0) is 18.8 Å². The number of hydrogen-bond donors (Lipinski definition) is 0. The van der Waals surface area contributed by atoms with Crippen LogP contribution in [0.3, 0.4) is 0 Å². The summed E-state index contributed by atoms with van der Waals surface area (Å²) in [6, 6.07) is 1.51. The molecule has 0 aromatic carbocycles. The van der Waals surface area contributed by atoms with Gasteiger partial charge in [0, 0.05) is 25.4 Å². The van der Waals surface area contributed by atoms with Crippen LogP contribution in [0.5, 0.6) is 0 Å². The molecule has 0 amide bonds. The average Bonchev–Trinajstić information content (AvgIpc) is 2.86. The van der Waals surface area contributed by atoms with E-state index in [0.29, 0.717) is 19.0 Å². The van der Waals surface area contributed by atoms with Gasteiger partial charge in [0.15, 0.2) is 0 Å². The minimum atomic E-state index is -0.162. The fourth-order valence-electron chi connectivity index (χ4n) is 2.78. The molecule has 1 aromatic rings. The lowest BCUT2D eigenvalue weighted by Gasteiger charge is -2.11. The van der Waals surface area contributed by atoms with Crippen molar-refractivity contribution in [2.45, 2.75) is 58.5 Å². The predicted molar refractivity (Wildman–Crippen MR) is 71.8 cm³/mol. The van der Waals surface area contributed by atoms with Crippen molar-refractivity contribution < 1.29 is 0 Å². The molecule has 2 rings (SSSR count). The monoisotopic (exact) mass is 250 g/mol. The van der Waals surface area contributed by atoms with Crippen molar-refractivity contribution in [3.05, 3.63) is 33.1 Å². The summed E-state index contributed by atoms with van der Waals surface area (Å²) >= 11 is 0. The van der Waals surface area contributed by atoms with Crippen LogP contribution < -0.4 is 11.2 Å². The zero-order valence-corrected chi connectivity index (χ0v) is 11.1. The van der Waals surface area contributed by atoms with Crippen molar-refractivity contribution in [1.29, 1.82) is 0 Å². The molecule has 0 N–H and O–H groups in total. The summed E-state index contributed by atoms with van der Waals surface area (Å²) in [5.74, 6) is 0.705. The van der Waals surface area contributed by atoms with Crippen LogP contribution in [0.25, 0.3) is 0 Å². The van der Waals surface area contributed by atoms with E-state index in [-0.39, 0.29) is 11.2 Å². The number of hydrogen-bond acceptors (Lipinski definition) is 2. The number of rotatable bonds is 5. The Kier molecular flexibility index (Phi) is 4.39. The molecule has 0 aliphatic heterocycles. The summed E-state index contributed by atoms with van der Waals surface area (Å²) in [7, 11) is 0. The van der Waals surface area contributed by atoms with E-state index in [4.69, 9.17) is 0 Å². The largest absolute Gasteiger partial charge is 0.330 e. The second kappa shape index (κ2) is 6.03. The molecule has 1 fully saturated rings. The van der Waals surface area contributed by atoms with Crippen molar-refractivity contribution in [1.82, 2.24) is 9.13 Å². The van der Waals surface area contributed by atoms with Gasteiger partial charge in [0.1, 0.15) is 0 Å². The lowest BCUT2D eigenvalue weighted by atomic mass is 10.0. The molecule has 1 heterocycles. The van der Waals surface area contributed by atoms with E-state index in [9.17, 15) is 9.59 Å². The molecule has 0 radical (unpaired) electrons. The molecule has 18 heavy (non-hydrogen) atoms. The molecule has 0 bridgehead atoms. The Hall–Kier alpha value is -1.32. The van der Waals surface area contributed by atoms with E-state index < -0.39 is 0 Å². The van der Waals surface area contributed by atoms with Gasteiger partial charge in [0.25, 0.3) is 5.56 Å². The number of nitrogens with zero attached hydrogens (tertiary/aromatic N) is 2. The Morgan fingerprint density at radius 1 is 1.22 bits per heavy atom. The molecule has 0 atom stereocenters. The molecule has 100 valence electrons. The highest BCUT2D eigenvalue weighted by Crippen LogP contribution is 2.27. The molecule has 4 heteroatoms. The van der Waals surface area contributed by atoms with Crippen molar-refractivity contribution in [3.63, 3.8) is 0 Å². The SMILES string of the molecule is CCCn1ccc(=O)n(CCC2CCCC2)c1=O. The Labute approximate surface area is 107 Å². The predicted octanol–water partition coefficient (Wildman–Crippen LogP) is 2.00. The van der Waals surface area contributed by atoms with Crippen LogP contribution in [0.2, 0.25) is 0 Å². The minimum absolute atomic E-state index is 0.151. The van der Waals surface area contributed by atoms with Crippen molar-refractivity contribution in [2.75, 3.05) is 0 Å². The summed E-state index contributed by atoms with van der Waals surface area (Å²) < 4.78 is 3.03. The summed E-state index contributed by atoms with van der Waals surface area (Å²) in [6.07, 6.45) is 8.59. The fourth-order valence-corrected chi connectivity index (χ4v) is 2.78. The van der Waals surface area contributed by atoms with Crippen LogP contribution in [-0.2, 0) is 13.1 Å². The number of aromatic nitrogens is 2. The maximum absolute atomic E-state index is 12.1. The zero-order valence-electron chi connectivity index (χ0n) is 11.1. The Balaban J connectivity index is 2.12. The third-order valence-electron chi connectivity index (χ3n) is 3.84. The van der Waals surface area contributed by atoms with E-state index in [0.717, 1.165) is 12.8 Å². The highest BCUT2D eigenvalue weighted by atomic mass is 16.2. The average molecular weight is 250 g/mol. The smallest absolute Gasteiger partial charge is 0.300 e. The zero-order chi connectivity index (χ0) is 13.0. The summed E-state index contributed by atoms with van der Waals surface area (Å²) in [4.78, 5) is 23.9. The quantitative estimate of drug-likeness (QED) is 0.802. The number of aryl methyl sites for hydroxylation is 1. The molecule has 1 aliphatic carbocycles. The second-order valence-electron chi connectivity index (χ2n) is 5.22. The molecule has 4 nitrogen and oxygen atoms in total. The summed E-state index contributed by atoms with van der Waals surface area (Å²) in [5.41, 5.74) is -0.312. The van der Waals surface area contributed by atoms with Gasteiger partial charge in [-0.25, -0.2) is 4.79 Å². The third kappa shape index (κ3) is 2.92. The van der Waals surface area contributed by atoms with E-state index in [1.54, 1.807) is 10.8 Å². The maximum Gasteiger partial charge on any atom is 0.330 e. The Morgan fingerprint density at radius 3 is 2.61 bits per heavy atom. The van der Waals surface area contributed by atoms with Crippen molar-refractivity contribution in [3.8, 4) is 0 Å². The van der Waals surface area contributed by atoms with Crippen LogP contribution in [0.4, 0.5) is 0 Å². The van der Waals surface area contributed by atoms with Gasteiger partial charge in [-0.3, -0.25) is 9.36 Å². The third-order valence-corrected chi connectivity index (χ3v) is 3.84. The van der Waals surface area contributed by atoms with Crippen LogP contribution in [0.15, 0.2) is 21.9 Å². The van der Waals surface area contributed by atoms with Gasteiger partial charge in [0.2, 0.25) is 0 Å². The first-order valence-electron chi connectivity index (χ1n) is 7.02. The molecular weight excluding hydrogens is 228 g/mol. The molecule has 0 saturated heterocycles. The topological polar surface area (TPSA) is 44.0 Å². The lowest BCUT2D eigenvalue weighted by Crippen LogP contribution is -2.39. The van der Waals surface area contributed by atoms with Gasteiger partial charge < -0.3 is 4.57 Å². The van der Waals surface area contributed by atoms with Crippen LogP contribution in [0.1, 0.15) is 45.4 Å². The van der Waals surface area contributed by atoms with E-state index >= 15 is 0 Å². The van der Waals surface area contributed by atoms with E-state index in [1.807, 2.05) is 6.92 Å². The van der Waals surface area contributed by atoms with Crippen LogP contribution in [-0.4, -0.2) is 9.13 Å². The summed E-state index contributed by atoms with van der Waals surface area (Å²) in [6.45, 7) is 3.29. The normalized spacial score (nSPS) is 16.3. The minimum Gasteiger partial charge on any atom is -0.300 e. The molecule has 1 aromatic heterocycles. The Morgan fingerprint density at radius 2 is 1.94 bits per heavy atom. The lowest BCUT2D eigenvalue weighted by molar-refractivity contribution is 0.434. The molecular formula is C14H22N2O2. The van der Waals surface area contributed by atoms with E-state index in [2.05, 4.69) is 0 Å². The standard InChI is InChI=1S/C14H22N2O2/c1-2-9-15-10-8-13(17)16(14(15)18)11-7-12-5-3-4-6-12/h8,10,12H,2-7,9,11H2,1H3. The van der Waals surface area contributed by atoms with Gasteiger partial charge in [0.05, 0.1) is 0 Å². The van der Waals surface area contributed by atoms with Gasteiger partial charge in [-0.2, -0.15) is 0 Å². The second-order valence-corrected chi connectivity index (χ2v) is 5.22. The molecule has 0 spiro atoms. The fraction of sp³-hybridized carbons (Fsp3) is 0.714. The first-order chi connectivity index (χ1) is 8.72. The highest BCUT2D eigenvalue weighted by Gasteiger charge is 2.15. The maximum atomic E-state index is 12.1. The van der Waals surface area contributed by atoms with Crippen molar-refractivity contribution in [2.24, 2.45) is 5.92 Å². The van der Waals surface area contributed by atoms with Crippen molar-refractivity contribution >= 4 is 0 Å². The molecule has 0 unspecified atom stereocenters. The molecule has 1 aliphatic rings. The Bertz CT molecular complexity index is 495. The first-order valence-corrected chi connectivity index (χ1v) is 7.02. The van der Waals surface area contributed by atoms with E-state index in [1.165, 1.54) is 36.3 Å². The van der Waals surface area contributed by atoms with Gasteiger partial charge in [-0.15, -0.1) is 0 Å². The van der Waals surface area contributed by atoms with Crippen LogP contribution in [0, 0.1) is 5.92 Å². The molecule has 1 saturated carbocycles. The summed E-state index contributed by atoms with van der Waals surface area (Å²) in [5, 5.41) is 0. The van der Waals surface area contributed by atoms with Gasteiger partial charge in [-0.1, -0.05) is 32.6 Å². The highest BCUT2D eigenvalue weighted by molar-refractivity contribution is 4.86.